The summed E-state index contributed by atoms with van der Waals surface area (Å²) in [7, 11) is 0. The Bertz CT molecular complexity index is 324. The molecule has 0 unspecified atom stereocenters. The molecule has 0 N–H and O–H groups in total. The van der Waals surface area contributed by atoms with Crippen LogP contribution in [0.2, 0.25) is 0 Å². The molecule has 0 heterocycles. The third-order valence-corrected chi connectivity index (χ3v) is 2.36. The summed E-state index contributed by atoms with van der Waals surface area (Å²) in [4.78, 5) is 0. The van der Waals surface area contributed by atoms with Crippen LogP contribution in [0, 0.1) is 0 Å². The second kappa shape index (κ2) is 6.83. The fraction of sp³-hybridized carbons (Fsp3) is 0.200. The van der Waals surface area contributed by atoms with Gasteiger partial charge in [-0.25, -0.2) is 0 Å². The molecule has 0 saturated carbocycles. The molecule has 0 atom stereocenters. The van der Waals surface area contributed by atoms with E-state index in [0.29, 0.717) is 0 Å². The van der Waals surface area contributed by atoms with Crippen molar-refractivity contribution in [3.63, 3.8) is 0 Å². The Kier molecular flexibility index (Phi) is 6.12. The predicted molar refractivity (Wildman–Crippen MR) is 70.8 cm³/mol. The number of hydrogen-bond donors (Lipinski definition) is 0. The van der Waals surface area contributed by atoms with Crippen LogP contribution in [0.3, 0.4) is 0 Å². The second-order valence-corrected chi connectivity index (χ2v) is 3.25. The molecule has 0 bridgehead atoms. The SMILES string of the molecule is C=C.C=CC1=C(C/C=C\C)CC(=C)C1=C. The van der Waals surface area contributed by atoms with Crippen molar-refractivity contribution < 1.29 is 0 Å². The summed E-state index contributed by atoms with van der Waals surface area (Å²) in [6.07, 6.45) is 8.07. The molecule has 0 aromatic rings. The van der Waals surface area contributed by atoms with Gasteiger partial charge in [0, 0.05) is 0 Å². The molecule has 0 aromatic heterocycles. The zero-order chi connectivity index (χ0) is 11.8. The first-order valence-corrected chi connectivity index (χ1v) is 5.03. The third kappa shape index (κ3) is 3.25. The molecule has 0 aliphatic heterocycles. The van der Waals surface area contributed by atoms with E-state index in [0.717, 1.165) is 24.0 Å². The van der Waals surface area contributed by atoms with Crippen molar-refractivity contribution in [1.29, 1.82) is 0 Å². The van der Waals surface area contributed by atoms with Crippen LogP contribution in [0.15, 0.2) is 73.4 Å². The van der Waals surface area contributed by atoms with Gasteiger partial charge in [-0.2, -0.15) is 0 Å². The lowest BCUT2D eigenvalue weighted by Crippen LogP contribution is -1.79. The lowest BCUT2D eigenvalue weighted by atomic mass is 10.1. The molecule has 1 aliphatic rings. The van der Waals surface area contributed by atoms with E-state index in [1.54, 1.807) is 0 Å². The summed E-state index contributed by atoms with van der Waals surface area (Å²) in [5.74, 6) is 0. The smallest absolute Gasteiger partial charge is 0.00547 e. The molecule has 0 amide bonds. The minimum Gasteiger partial charge on any atom is -0.106 e. The van der Waals surface area contributed by atoms with Crippen LogP contribution in [0.5, 0.6) is 0 Å². The average Bonchev–Trinajstić information content (AvgIpc) is 2.54. The van der Waals surface area contributed by atoms with E-state index in [4.69, 9.17) is 0 Å². The van der Waals surface area contributed by atoms with Crippen LogP contribution >= 0.6 is 0 Å². The van der Waals surface area contributed by atoms with Crippen LogP contribution in [0.25, 0.3) is 0 Å². The Labute approximate surface area is 93.7 Å². The summed E-state index contributed by atoms with van der Waals surface area (Å²) >= 11 is 0. The van der Waals surface area contributed by atoms with Gasteiger partial charge >= 0.3 is 0 Å². The van der Waals surface area contributed by atoms with Crippen LogP contribution < -0.4 is 0 Å². The van der Waals surface area contributed by atoms with Gasteiger partial charge in [-0.15, -0.1) is 13.2 Å². The first-order chi connectivity index (χ1) is 7.20. The van der Waals surface area contributed by atoms with Crippen LogP contribution in [0.4, 0.5) is 0 Å². The highest BCUT2D eigenvalue weighted by atomic mass is 14.2. The van der Waals surface area contributed by atoms with Gasteiger partial charge in [0.1, 0.15) is 0 Å². The largest absolute Gasteiger partial charge is 0.106 e. The van der Waals surface area contributed by atoms with E-state index in [9.17, 15) is 0 Å². The summed E-state index contributed by atoms with van der Waals surface area (Å²) in [5.41, 5.74) is 4.79. The molecule has 0 nitrogen and oxygen atoms in total. The van der Waals surface area contributed by atoms with Crippen LogP contribution in [0.1, 0.15) is 19.8 Å². The average molecular weight is 200 g/mol. The predicted octanol–water partition coefficient (Wildman–Crippen LogP) is 4.75. The summed E-state index contributed by atoms with van der Waals surface area (Å²) in [6, 6.07) is 0. The molecule has 0 fully saturated rings. The Morgan fingerprint density at radius 1 is 1.27 bits per heavy atom. The molecular formula is C15H20. The van der Waals surface area contributed by atoms with Gasteiger partial charge in [-0.05, 0) is 36.5 Å². The zero-order valence-electron chi connectivity index (χ0n) is 9.68. The Morgan fingerprint density at radius 2 is 1.87 bits per heavy atom. The fourth-order valence-corrected chi connectivity index (χ4v) is 1.57. The first kappa shape index (κ1) is 13.4. The molecule has 0 heteroatoms. The van der Waals surface area contributed by atoms with Gasteiger partial charge in [0.25, 0.3) is 0 Å². The van der Waals surface area contributed by atoms with Crippen molar-refractivity contribution in [2.45, 2.75) is 19.8 Å². The molecule has 0 saturated heterocycles. The van der Waals surface area contributed by atoms with Crippen molar-refractivity contribution in [2.75, 3.05) is 0 Å². The maximum atomic E-state index is 3.99. The lowest BCUT2D eigenvalue weighted by molar-refractivity contribution is 1.11. The third-order valence-electron chi connectivity index (χ3n) is 2.36. The van der Waals surface area contributed by atoms with Crippen LogP contribution in [-0.4, -0.2) is 0 Å². The number of allylic oxidation sites excluding steroid dienone is 7. The summed E-state index contributed by atoms with van der Waals surface area (Å²) in [6.45, 7) is 19.8. The monoisotopic (exact) mass is 200 g/mol. The Balaban J connectivity index is 0.000000921. The maximum absolute atomic E-state index is 3.99. The molecule has 1 aliphatic carbocycles. The zero-order valence-corrected chi connectivity index (χ0v) is 9.68. The molecule has 0 spiro atoms. The van der Waals surface area contributed by atoms with Crippen molar-refractivity contribution in [1.82, 2.24) is 0 Å². The summed E-state index contributed by atoms with van der Waals surface area (Å²) in [5, 5.41) is 0. The van der Waals surface area contributed by atoms with Gasteiger partial charge < -0.3 is 0 Å². The molecule has 0 aromatic carbocycles. The van der Waals surface area contributed by atoms with Gasteiger partial charge in [0.05, 0.1) is 0 Å². The van der Waals surface area contributed by atoms with Gasteiger partial charge in [-0.1, -0.05) is 43.5 Å². The molecule has 15 heavy (non-hydrogen) atoms. The van der Waals surface area contributed by atoms with E-state index in [2.05, 4.69) is 45.0 Å². The number of hydrogen-bond acceptors (Lipinski definition) is 0. The van der Waals surface area contributed by atoms with Gasteiger partial charge in [-0.3, -0.25) is 0 Å². The molecule has 80 valence electrons. The highest BCUT2D eigenvalue weighted by molar-refractivity contribution is 5.58. The van der Waals surface area contributed by atoms with E-state index in [-0.39, 0.29) is 0 Å². The van der Waals surface area contributed by atoms with Crippen LogP contribution in [-0.2, 0) is 0 Å². The topological polar surface area (TPSA) is 0 Å². The fourth-order valence-electron chi connectivity index (χ4n) is 1.57. The van der Waals surface area contributed by atoms with Crippen molar-refractivity contribution >= 4 is 0 Å². The standard InChI is InChI=1S/C13H16.C2H4/c1-5-7-8-12-9-10(3)11(4)13(12)6-2;1-2/h5-7H,2-4,8-9H2,1H3;1-2H2/b7-5-;. The lowest BCUT2D eigenvalue weighted by Gasteiger charge is -1.98. The highest BCUT2D eigenvalue weighted by Crippen LogP contribution is 2.36. The first-order valence-electron chi connectivity index (χ1n) is 5.03. The van der Waals surface area contributed by atoms with Crippen molar-refractivity contribution in [2.24, 2.45) is 0 Å². The Morgan fingerprint density at radius 3 is 2.33 bits per heavy atom. The van der Waals surface area contributed by atoms with E-state index >= 15 is 0 Å². The molecule has 0 radical (unpaired) electrons. The quantitative estimate of drug-likeness (QED) is 0.576. The van der Waals surface area contributed by atoms with E-state index < -0.39 is 0 Å². The Hall–Kier alpha value is -1.56. The van der Waals surface area contributed by atoms with Crippen molar-refractivity contribution in [3.05, 3.63) is 73.4 Å². The highest BCUT2D eigenvalue weighted by Gasteiger charge is 2.17. The summed E-state index contributed by atoms with van der Waals surface area (Å²) < 4.78 is 0. The van der Waals surface area contributed by atoms with E-state index in [1.165, 1.54) is 11.1 Å². The molecular weight excluding hydrogens is 180 g/mol. The second-order valence-electron chi connectivity index (χ2n) is 3.25. The van der Waals surface area contributed by atoms with Gasteiger partial charge in [0.15, 0.2) is 0 Å². The maximum Gasteiger partial charge on any atom is -0.00547 e. The van der Waals surface area contributed by atoms with E-state index in [1.807, 2.05) is 13.0 Å². The minimum atomic E-state index is 0.963. The normalized spacial score (nSPS) is 15.5. The van der Waals surface area contributed by atoms with Gasteiger partial charge in [0.2, 0.25) is 0 Å². The van der Waals surface area contributed by atoms with Crippen molar-refractivity contribution in [3.8, 4) is 0 Å². The number of rotatable bonds is 3. The molecule has 1 rings (SSSR count). The minimum absolute atomic E-state index is 0.963.